The molecule has 1 aliphatic rings. The molecular weight excluding hydrogens is 622 g/mol. The molecule has 0 spiro atoms. The SMILES string of the molecule is COc1ccc(CN2c3ncccc3N(C(=O)OC(C)(C)C)C[C@@H]2[C@H](OCC(=O)c2cccc(Br)c2)c2ccccc2)cc1. The lowest BCUT2D eigenvalue weighted by Gasteiger charge is -2.45. The molecule has 1 aromatic heterocycles. The molecule has 0 radical (unpaired) electrons. The minimum atomic E-state index is -0.694. The monoisotopic (exact) mass is 657 g/mol. The van der Waals surface area contributed by atoms with E-state index in [0.717, 1.165) is 21.3 Å². The van der Waals surface area contributed by atoms with Gasteiger partial charge in [-0.15, -0.1) is 0 Å². The number of pyridine rings is 1. The maximum absolute atomic E-state index is 13.6. The number of anilines is 2. The number of rotatable bonds is 9. The summed E-state index contributed by atoms with van der Waals surface area (Å²) in [6.07, 6.45) is 0.647. The van der Waals surface area contributed by atoms with E-state index < -0.39 is 23.8 Å². The van der Waals surface area contributed by atoms with Gasteiger partial charge in [-0.05, 0) is 68.3 Å². The number of carbonyl (C=O) groups excluding carboxylic acids is 2. The molecule has 0 unspecified atom stereocenters. The van der Waals surface area contributed by atoms with Crippen molar-refractivity contribution in [1.29, 1.82) is 0 Å². The normalized spacial score (nSPS) is 15.3. The summed E-state index contributed by atoms with van der Waals surface area (Å²) in [5.41, 5.74) is 2.40. The number of hydrogen-bond acceptors (Lipinski definition) is 7. The first kappa shape index (κ1) is 31.2. The summed E-state index contributed by atoms with van der Waals surface area (Å²) in [5, 5.41) is 0. The van der Waals surface area contributed by atoms with Crippen molar-refractivity contribution in [3.05, 3.63) is 118 Å². The molecule has 2 heterocycles. The first-order valence-electron chi connectivity index (χ1n) is 14.4. The van der Waals surface area contributed by atoms with Crippen LogP contribution in [0.15, 0.2) is 102 Å². The zero-order chi connectivity index (χ0) is 31.3. The van der Waals surface area contributed by atoms with E-state index in [1.54, 1.807) is 30.3 Å². The van der Waals surface area contributed by atoms with Gasteiger partial charge in [-0.1, -0.05) is 70.5 Å². The smallest absolute Gasteiger partial charge is 0.415 e. The van der Waals surface area contributed by atoms with Gasteiger partial charge in [0.15, 0.2) is 11.6 Å². The fourth-order valence-electron chi connectivity index (χ4n) is 5.21. The zero-order valence-electron chi connectivity index (χ0n) is 25.3. The van der Waals surface area contributed by atoms with Crippen LogP contribution in [-0.4, -0.2) is 48.8 Å². The highest BCUT2D eigenvalue weighted by Gasteiger charge is 2.41. The van der Waals surface area contributed by atoms with Gasteiger partial charge in [-0.2, -0.15) is 0 Å². The predicted octanol–water partition coefficient (Wildman–Crippen LogP) is 7.62. The van der Waals surface area contributed by atoms with E-state index in [2.05, 4.69) is 20.8 Å². The molecule has 228 valence electrons. The van der Waals surface area contributed by atoms with E-state index in [9.17, 15) is 9.59 Å². The number of nitrogens with zero attached hydrogens (tertiary/aromatic N) is 3. The fourth-order valence-corrected chi connectivity index (χ4v) is 5.61. The van der Waals surface area contributed by atoms with Crippen molar-refractivity contribution >= 4 is 39.3 Å². The van der Waals surface area contributed by atoms with E-state index >= 15 is 0 Å². The van der Waals surface area contributed by atoms with Crippen molar-refractivity contribution in [3.63, 3.8) is 0 Å². The van der Waals surface area contributed by atoms with Crippen LogP contribution in [0.5, 0.6) is 5.75 Å². The second-order valence-electron chi connectivity index (χ2n) is 11.6. The molecule has 8 nitrogen and oxygen atoms in total. The van der Waals surface area contributed by atoms with Crippen molar-refractivity contribution in [2.45, 2.75) is 45.1 Å². The summed E-state index contributed by atoms with van der Waals surface area (Å²) in [6, 6.07) is 28.1. The summed E-state index contributed by atoms with van der Waals surface area (Å²) in [5.74, 6) is 1.23. The number of Topliss-reactive ketones (excluding diaryl/α,β-unsaturated/α-hetero) is 1. The molecular formula is C35H36BrN3O5. The van der Waals surface area contributed by atoms with Crippen LogP contribution in [0.25, 0.3) is 0 Å². The van der Waals surface area contributed by atoms with Gasteiger partial charge in [0, 0.05) is 22.8 Å². The number of hydrogen-bond donors (Lipinski definition) is 0. The Hall–Kier alpha value is -4.21. The quantitative estimate of drug-likeness (QED) is 0.171. The Labute approximate surface area is 266 Å². The van der Waals surface area contributed by atoms with Crippen molar-refractivity contribution in [3.8, 4) is 5.75 Å². The second-order valence-corrected chi connectivity index (χ2v) is 12.5. The van der Waals surface area contributed by atoms with Crippen LogP contribution < -0.4 is 14.5 Å². The van der Waals surface area contributed by atoms with Crippen LogP contribution in [0.2, 0.25) is 0 Å². The van der Waals surface area contributed by atoms with E-state index in [0.29, 0.717) is 23.6 Å². The fraction of sp³-hybridized carbons (Fsp3) is 0.286. The van der Waals surface area contributed by atoms with Crippen molar-refractivity contribution < 1.29 is 23.8 Å². The number of ether oxygens (including phenoxy) is 3. The van der Waals surface area contributed by atoms with E-state index in [1.165, 1.54) is 0 Å². The van der Waals surface area contributed by atoms with Crippen molar-refractivity contribution in [2.24, 2.45) is 0 Å². The lowest BCUT2D eigenvalue weighted by Crippen LogP contribution is -2.55. The zero-order valence-corrected chi connectivity index (χ0v) is 26.9. The number of amides is 1. The van der Waals surface area contributed by atoms with Gasteiger partial charge in [0.05, 0.1) is 25.4 Å². The van der Waals surface area contributed by atoms with Gasteiger partial charge >= 0.3 is 6.09 Å². The molecule has 0 N–H and O–H groups in total. The lowest BCUT2D eigenvalue weighted by molar-refractivity contribution is 0.0290. The van der Waals surface area contributed by atoms with Crippen molar-refractivity contribution in [1.82, 2.24) is 4.98 Å². The minimum absolute atomic E-state index is 0.146. The van der Waals surface area contributed by atoms with Crippen LogP contribution in [0, 0.1) is 0 Å². The van der Waals surface area contributed by atoms with E-state index in [4.69, 9.17) is 19.2 Å². The first-order chi connectivity index (χ1) is 21.1. The maximum atomic E-state index is 13.6. The van der Waals surface area contributed by atoms with Gasteiger partial charge < -0.3 is 19.1 Å². The number of carbonyl (C=O) groups is 2. The molecule has 5 rings (SSSR count). The third-order valence-corrected chi connectivity index (χ3v) is 7.74. The molecule has 2 atom stereocenters. The Morgan fingerprint density at radius 2 is 1.73 bits per heavy atom. The number of halogens is 1. The van der Waals surface area contributed by atoms with E-state index in [1.807, 2.05) is 99.6 Å². The number of methoxy groups -OCH3 is 1. The van der Waals surface area contributed by atoms with Crippen LogP contribution in [0.1, 0.15) is 48.4 Å². The second kappa shape index (κ2) is 13.6. The van der Waals surface area contributed by atoms with Gasteiger partial charge in [0.25, 0.3) is 0 Å². The highest BCUT2D eigenvalue weighted by atomic mass is 79.9. The Balaban J connectivity index is 1.57. The Morgan fingerprint density at radius 1 is 0.977 bits per heavy atom. The van der Waals surface area contributed by atoms with Gasteiger partial charge in [-0.25, -0.2) is 9.78 Å². The average Bonchev–Trinajstić information content (AvgIpc) is 3.01. The molecule has 0 bridgehead atoms. The third-order valence-electron chi connectivity index (χ3n) is 7.24. The Bertz CT molecular complexity index is 1590. The molecule has 44 heavy (non-hydrogen) atoms. The maximum Gasteiger partial charge on any atom is 0.415 e. The topological polar surface area (TPSA) is 81.2 Å². The van der Waals surface area contributed by atoms with Gasteiger partial charge in [0.2, 0.25) is 0 Å². The molecule has 1 amide bonds. The standard InChI is InChI=1S/C35H36BrN3O5/c1-35(2,3)44-34(41)39-22-30(38(33-29(39)14-9-19-37-33)21-24-15-17-28(42-4)18-16-24)32(25-10-6-5-7-11-25)43-23-31(40)26-12-8-13-27(36)20-26/h5-20,30,32H,21-23H2,1-4H3/t30-,32-/m1/s1. The van der Waals surface area contributed by atoms with Crippen LogP contribution in [-0.2, 0) is 16.0 Å². The Kier molecular flexibility index (Phi) is 9.66. The highest BCUT2D eigenvalue weighted by Crippen LogP contribution is 2.40. The summed E-state index contributed by atoms with van der Waals surface area (Å²) >= 11 is 3.45. The van der Waals surface area contributed by atoms with Gasteiger partial charge in [-0.3, -0.25) is 9.69 Å². The molecule has 0 fully saturated rings. The summed E-state index contributed by atoms with van der Waals surface area (Å²) < 4.78 is 18.6. The van der Waals surface area contributed by atoms with Crippen molar-refractivity contribution in [2.75, 3.05) is 30.1 Å². The van der Waals surface area contributed by atoms with Crippen LogP contribution >= 0.6 is 15.9 Å². The number of benzene rings is 3. The number of aromatic nitrogens is 1. The first-order valence-corrected chi connectivity index (χ1v) is 15.2. The molecule has 0 saturated heterocycles. The summed E-state index contributed by atoms with van der Waals surface area (Å²) in [4.78, 5) is 35.5. The molecule has 0 saturated carbocycles. The van der Waals surface area contributed by atoms with Crippen LogP contribution in [0.4, 0.5) is 16.3 Å². The molecule has 1 aliphatic heterocycles. The molecule has 9 heteroatoms. The van der Waals surface area contributed by atoms with E-state index in [-0.39, 0.29) is 18.9 Å². The number of fused-ring (bicyclic) bond motifs is 1. The molecule has 4 aromatic rings. The Morgan fingerprint density at radius 3 is 2.41 bits per heavy atom. The summed E-state index contributed by atoms with van der Waals surface area (Å²) in [6.45, 7) is 6.10. The van der Waals surface area contributed by atoms with Gasteiger partial charge in [0.1, 0.15) is 24.1 Å². The minimum Gasteiger partial charge on any atom is -0.497 e. The largest absolute Gasteiger partial charge is 0.497 e. The number of ketones is 1. The predicted molar refractivity (Wildman–Crippen MR) is 174 cm³/mol. The highest BCUT2D eigenvalue weighted by molar-refractivity contribution is 9.10. The molecule has 3 aromatic carbocycles. The molecule has 0 aliphatic carbocycles. The van der Waals surface area contributed by atoms with Crippen LogP contribution in [0.3, 0.4) is 0 Å². The summed E-state index contributed by atoms with van der Waals surface area (Å²) in [7, 11) is 1.64. The third kappa shape index (κ3) is 7.46. The lowest BCUT2D eigenvalue weighted by atomic mass is 9.96. The average molecular weight is 659 g/mol.